The average Bonchev–Trinajstić information content (AvgIpc) is 3.55. The Morgan fingerprint density at radius 3 is 1.74 bits per heavy atom. The van der Waals surface area contributed by atoms with Crippen LogP contribution < -0.4 is 0 Å². The predicted octanol–water partition coefficient (Wildman–Crippen LogP) is 10.7. The fourth-order valence-corrected chi connectivity index (χ4v) is 9.26. The van der Waals surface area contributed by atoms with E-state index >= 15 is 0 Å². The molecule has 16 nitrogen and oxygen atoms in total. The van der Waals surface area contributed by atoms with Crippen molar-refractivity contribution in [3.8, 4) is 0 Å². The van der Waals surface area contributed by atoms with Gasteiger partial charge in [0, 0.05) is 31.1 Å². The Labute approximate surface area is 408 Å². The first-order valence-electron chi connectivity index (χ1n) is 26.0. The van der Waals surface area contributed by atoms with Crippen molar-refractivity contribution in [1.82, 2.24) is 0 Å². The van der Waals surface area contributed by atoms with Crippen molar-refractivity contribution in [3.63, 3.8) is 0 Å². The van der Waals surface area contributed by atoms with E-state index in [1.807, 2.05) is 12.2 Å². The number of allylic oxidation sites excluding steroid dienone is 2. The first-order valence-corrected chi connectivity index (χ1v) is 29.0. The summed E-state index contributed by atoms with van der Waals surface area (Å²) in [7, 11) is -9.79. The maximum Gasteiger partial charge on any atom is 0.472 e. The molecule has 0 radical (unpaired) electrons. The highest BCUT2D eigenvalue weighted by molar-refractivity contribution is 7.47. The van der Waals surface area contributed by atoms with Crippen molar-refractivity contribution in [1.29, 1.82) is 0 Å². The first kappa shape index (κ1) is 64.2. The summed E-state index contributed by atoms with van der Waals surface area (Å²) in [5.74, 6) is -1.27. The smallest absolute Gasteiger partial charge is 0.462 e. The Balaban J connectivity index is 2.45. The Kier molecular flexibility index (Phi) is 37.5. The topological polar surface area (TPSA) is 253 Å². The third kappa shape index (κ3) is 37.0. The maximum atomic E-state index is 12.8. The van der Waals surface area contributed by atoms with Gasteiger partial charge in [0.25, 0.3) is 0 Å². The number of rotatable bonds is 45. The van der Waals surface area contributed by atoms with Gasteiger partial charge in [0.15, 0.2) is 6.10 Å². The molecule has 1 rings (SSSR count). The fourth-order valence-electron chi connectivity index (χ4n) is 8.10. The highest BCUT2D eigenvalue weighted by Gasteiger charge is 2.39. The molecule has 0 aliphatic heterocycles. The SMILES string of the molecule is CCCCC[C@H](O)/C=C/[C@H]1[C@H](O)CC(=O)[C@@H]1C/C=C\CCCC(=O)O[C@H](COC(=O)CCCCCCCCCCCCCCCCCCCCC(C)C)COP(=O)(O)OC[C@@H](O)COP(=O)(O)O. The van der Waals surface area contributed by atoms with E-state index in [0.717, 1.165) is 44.4 Å². The Morgan fingerprint density at radius 1 is 0.662 bits per heavy atom. The lowest BCUT2D eigenvalue weighted by Gasteiger charge is -2.20. The zero-order valence-corrected chi connectivity index (χ0v) is 43.6. The number of aliphatic hydroxyl groups is 3. The second kappa shape index (κ2) is 39.8. The zero-order chi connectivity index (χ0) is 50.5. The molecule has 0 amide bonds. The zero-order valence-electron chi connectivity index (χ0n) is 41.8. The van der Waals surface area contributed by atoms with Crippen LogP contribution in [0.2, 0.25) is 0 Å². The minimum atomic E-state index is -4.90. The van der Waals surface area contributed by atoms with Gasteiger partial charge in [-0.05, 0) is 38.0 Å². The molecule has 1 aliphatic carbocycles. The van der Waals surface area contributed by atoms with Crippen LogP contribution >= 0.6 is 15.6 Å². The first-order chi connectivity index (χ1) is 32.4. The molecule has 0 heterocycles. The fraction of sp³-hybridized carbons (Fsp3) is 0.860. The number of phosphoric ester groups is 2. The van der Waals surface area contributed by atoms with Crippen molar-refractivity contribution >= 4 is 33.4 Å². The molecule has 0 spiro atoms. The van der Waals surface area contributed by atoms with Crippen LogP contribution in [0.15, 0.2) is 24.3 Å². The summed E-state index contributed by atoms with van der Waals surface area (Å²) in [4.78, 5) is 65.7. The second-order valence-electron chi connectivity index (χ2n) is 19.1. The number of carbonyl (C=O) groups excluding carboxylic acids is 3. The van der Waals surface area contributed by atoms with Gasteiger partial charge in [0.2, 0.25) is 0 Å². The van der Waals surface area contributed by atoms with Crippen molar-refractivity contribution in [2.75, 3.05) is 26.4 Å². The number of carbonyl (C=O) groups is 3. The van der Waals surface area contributed by atoms with E-state index in [0.29, 0.717) is 32.1 Å². The van der Waals surface area contributed by atoms with Gasteiger partial charge in [0.05, 0.1) is 32.0 Å². The lowest BCUT2D eigenvalue weighted by molar-refractivity contribution is -0.161. The quantitative estimate of drug-likeness (QED) is 0.0144. The van der Waals surface area contributed by atoms with Crippen molar-refractivity contribution in [3.05, 3.63) is 24.3 Å². The molecule has 1 fully saturated rings. The van der Waals surface area contributed by atoms with Crippen LogP contribution in [0, 0.1) is 17.8 Å². The number of ether oxygens (including phenoxy) is 2. The van der Waals surface area contributed by atoms with Crippen LogP contribution in [0.25, 0.3) is 0 Å². The molecule has 1 unspecified atom stereocenters. The summed E-state index contributed by atoms with van der Waals surface area (Å²) in [6.45, 7) is 3.73. The van der Waals surface area contributed by atoms with Crippen molar-refractivity contribution in [2.24, 2.45) is 17.8 Å². The van der Waals surface area contributed by atoms with Crippen LogP contribution in [0.4, 0.5) is 0 Å². The molecule has 18 heteroatoms. The van der Waals surface area contributed by atoms with Crippen LogP contribution in [-0.4, -0.2) is 98.6 Å². The van der Waals surface area contributed by atoms with Crippen LogP contribution in [0.1, 0.15) is 207 Å². The Morgan fingerprint density at radius 2 is 1.18 bits per heavy atom. The number of phosphoric acid groups is 2. The lowest BCUT2D eigenvalue weighted by atomic mass is 9.90. The summed E-state index contributed by atoms with van der Waals surface area (Å²) < 4.78 is 47.9. The molecular formula is C50H92O16P2. The van der Waals surface area contributed by atoms with E-state index in [2.05, 4.69) is 25.3 Å². The number of Topliss-reactive ketones (excluding diaryl/α,β-unsaturated/α-hetero) is 1. The minimum Gasteiger partial charge on any atom is -0.462 e. The Bertz CT molecular complexity index is 1470. The molecule has 1 aliphatic rings. The standard InChI is InChI=1S/C50H92O16P2/c1-4-5-24-30-42(51)34-35-46-45(47(53)36-48(46)54)31-26-22-23-28-33-50(56)66-44(40-65-68(60,61)64-38-43(52)37-63-67(57,58)59)39-62-49(55)32-27-21-19-17-15-13-11-9-7-6-8-10-12-14-16-18-20-25-29-41(2)3/h22,26,34-35,41-46,48,51-52,54H,4-21,23-25,27-33,36-40H2,1-3H3,(H,60,61)(H2,57,58,59)/b26-22-,35-34+/t42-,43-,44+,45+,46+,48+/m0/s1. The molecular weight excluding hydrogens is 918 g/mol. The summed E-state index contributed by atoms with van der Waals surface area (Å²) in [6.07, 6.45) is 31.0. The van der Waals surface area contributed by atoms with E-state index in [1.165, 1.54) is 96.3 Å². The molecule has 7 atom stereocenters. The van der Waals surface area contributed by atoms with Gasteiger partial charge in [-0.15, -0.1) is 0 Å². The molecule has 0 bridgehead atoms. The van der Waals surface area contributed by atoms with Gasteiger partial charge in [-0.1, -0.05) is 180 Å². The highest BCUT2D eigenvalue weighted by Crippen LogP contribution is 2.44. The highest BCUT2D eigenvalue weighted by atomic mass is 31.2. The van der Waals surface area contributed by atoms with E-state index in [4.69, 9.17) is 28.3 Å². The Hall–Kier alpha value is -1.81. The molecule has 0 saturated heterocycles. The number of hydrogen-bond acceptors (Lipinski definition) is 13. The van der Waals surface area contributed by atoms with Gasteiger partial charge >= 0.3 is 27.6 Å². The van der Waals surface area contributed by atoms with E-state index in [1.54, 1.807) is 12.2 Å². The number of hydrogen-bond donors (Lipinski definition) is 6. The van der Waals surface area contributed by atoms with Crippen LogP contribution in [-0.2, 0) is 46.6 Å². The molecule has 1 saturated carbocycles. The molecule has 68 heavy (non-hydrogen) atoms. The summed E-state index contributed by atoms with van der Waals surface area (Å²) in [5, 5.41) is 30.5. The normalized spacial score (nSPS) is 19.0. The maximum absolute atomic E-state index is 12.8. The summed E-state index contributed by atoms with van der Waals surface area (Å²) >= 11 is 0. The third-order valence-corrected chi connectivity index (χ3v) is 13.6. The molecule has 0 aromatic heterocycles. The number of esters is 2. The van der Waals surface area contributed by atoms with Crippen LogP contribution in [0.5, 0.6) is 0 Å². The van der Waals surface area contributed by atoms with Gasteiger partial charge in [-0.3, -0.25) is 28.0 Å². The van der Waals surface area contributed by atoms with Crippen molar-refractivity contribution < 1.29 is 76.6 Å². The minimum absolute atomic E-state index is 0.0478. The van der Waals surface area contributed by atoms with E-state index in [9.17, 15) is 43.7 Å². The number of aliphatic hydroxyl groups excluding tert-OH is 3. The van der Waals surface area contributed by atoms with Gasteiger partial charge in [-0.2, -0.15) is 0 Å². The van der Waals surface area contributed by atoms with Gasteiger partial charge < -0.3 is 39.5 Å². The third-order valence-electron chi connectivity index (χ3n) is 12.1. The largest absolute Gasteiger partial charge is 0.472 e. The molecule has 398 valence electrons. The van der Waals surface area contributed by atoms with Gasteiger partial charge in [-0.25, -0.2) is 9.13 Å². The van der Waals surface area contributed by atoms with E-state index in [-0.39, 0.29) is 25.0 Å². The monoisotopic (exact) mass is 1010 g/mol. The van der Waals surface area contributed by atoms with Crippen molar-refractivity contribution in [2.45, 2.75) is 231 Å². The predicted molar refractivity (Wildman–Crippen MR) is 263 cm³/mol. The van der Waals surface area contributed by atoms with Crippen LogP contribution in [0.3, 0.4) is 0 Å². The van der Waals surface area contributed by atoms with Gasteiger partial charge in [0.1, 0.15) is 18.5 Å². The average molecular weight is 1010 g/mol. The molecule has 6 N–H and O–H groups in total. The number of ketones is 1. The number of unbranched alkanes of at least 4 members (excludes halogenated alkanes) is 20. The summed E-state index contributed by atoms with van der Waals surface area (Å²) in [6, 6.07) is 0. The molecule has 0 aromatic rings. The molecule has 0 aromatic carbocycles. The summed E-state index contributed by atoms with van der Waals surface area (Å²) in [5.41, 5.74) is 0. The van der Waals surface area contributed by atoms with E-state index < -0.39 is 90.3 Å². The lowest BCUT2D eigenvalue weighted by Crippen LogP contribution is -2.29. The second-order valence-corrected chi connectivity index (χ2v) is 21.8.